The zero-order chi connectivity index (χ0) is 14.5. The van der Waals surface area contributed by atoms with Crippen molar-refractivity contribution in [3.05, 3.63) is 54.0 Å². The molecule has 0 spiro atoms. The Morgan fingerprint density at radius 3 is 2.55 bits per heavy atom. The van der Waals surface area contributed by atoms with Crippen LogP contribution >= 0.6 is 0 Å². The molecule has 1 aromatic heterocycles. The van der Waals surface area contributed by atoms with E-state index in [1.807, 2.05) is 55.1 Å². The molecule has 1 heterocycles. The fourth-order valence-corrected chi connectivity index (χ4v) is 2.18. The third-order valence-corrected chi connectivity index (χ3v) is 3.35. The number of furan rings is 1. The first-order valence-corrected chi connectivity index (χ1v) is 6.66. The molecule has 0 aliphatic rings. The molecule has 0 fully saturated rings. The molecule has 20 heavy (non-hydrogen) atoms. The van der Waals surface area contributed by atoms with E-state index in [0.29, 0.717) is 6.54 Å². The van der Waals surface area contributed by atoms with Gasteiger partial charge in [-0.15, -0.1) is 0 Å². The van der Waals surface area contributed by atoms with Crippen LogP contribution in [0.1, 0.15) is 30.7 Å². The number of anilines is 1. The average molecular weight is 273 g/mol. The molecule has 2 rings (SSSR count). The molecular weight excluding hydrogens is 254 g/mol. The lowest BCUT2D eigenvalue weighted by atomic mass is 10.1. The van der Waals surface area contributed by atoms with Crippen LogP contribution in [0.5, 0.6) is 0 Å². The van der Waals surface area contributed by atoms with Gasteiger partial charge in [-0.25, -0.2) is 0 Å². The Morgan fingerprint density at radius 1 is 1.30 bits per heavy atom. The fourth-order valence-electron chi connectivity index (χ4n) is 2.18. The van der Waals surface area contributed by atoms with Gasteiger partial charge in [-0.2, -0.15) is 0 Å². The molecule has 0 saturated carbocycles. The highest BCUT2D eigenvalue weighted by atomic mass is 16.4. The second-order valence-electron chi connectivity index (χ2n) is 4.86. The topological polar surface area (TPSA) is 53.7 Å². The minimum absolute atomic E-state index is 0.00736. The standard InChI is InChI=1S/C16H19NO3/c1-12-5-7-14(8-6-12)17(10-9-16(18)19)13(2)15-4-3-11-20-15/h3-8,11,13H,9-10H2,1-2H3,(H,18,19). The Bertz CT molecular complexity index is 546. The van der Waals surface area contributed by atoms with E-state index in [1.165, 1.54) is 5.56 Å². The van der Waals surface area contributed by atoms with E-state index in [2.05, 4.69) is 0 Å². The Labute approximate surface area is 118 Å². The molecule has 0 aliphatic carbocycles. The van der Waals surface area contributed by atoms with Crippen LogP contribution in [0, 0.1) is 6.92 Å². The van der Waals surface area contributed by atoms with Crippen molar-refractivity contribution in [2.24, 2.45) is 0 Å². The molecular formula is C16H19NO3. The minimum Gasteiger partial charge on any atom is -0.481 e. The largest absolute Gasteiger partial charge is 0.481 e. The number of nitrogens with zero attached hydrogens (tertiary/aromatic N) is 1. The molecule has 1 unspecified atom stereocenters. The molecule has 4 heteroatoms. The van der Waals surface area contributed by atoms with Crippen molar-refractivity contribution in [3.63, 3.8) is 0 Å². The summed E-state index contributed by atoms with van der Waals surface area (Å²) in [5, 5.41) is 8.92. The summed E-state index contributed by atoms with van der Waals surface area (Å²) in [4.78, 5) is 12.9. The summed E-state index contributed by atoms with van der Waals surface area (Å²) in [5.41, 5.74) is 2.18. The maximum atomic E-state index is 10.8. The molecule has 0 aliphatic heterocycles. The van der Waals surface area contributed by atoms with Gasteiger partial charge in [0.2, 0.25) is 0 Å². The molecule has 0 radical (unpaired) electrons. The maximum absolute atomic E-state index is 10.8. The lowest BCUT2D eigenvalue weighted by molar-refractivity contribution is -0.136. The number of carboxylic acids is 1. The highest BCUT2D eigenvalue weighted by Gasteiger charge is 2.19. The highest BCUT2D eigenvalue weighted by Crippen LogP contribution is 2.27. The van der Waals surface area contributed by atoms with Crippen LogP contribution in [0.15, 0.2) is 47.1 Å². The molecule has 0 saturated heterocycles. The summed E-state index contributed by atoms with van der Waals surface area (Å²) in [7, 11) is 0. The van der Waals surface area contributed by atoms with Gasteiger partial charge < -0.3 is 14.4 Å². The zero-order valence-electron chi connectivity index (χ0n) is 11.7. The van der Waals surface area contributed by atoms with Gasteiger partial charge in [-0.05, 0) is 38.1 Å². The molecule has 0 amide bonds. The second-order valence-corrected chi connectivity index (χ2v) is 4.86. The number of aryl methyl sites for hydroxylation is 1. The number of aliphatic carboxylic acids is 1. The summed E-state index contributed by atoms with van der Waals surface area (Å²) in [6, 6.07) is 11.8. The molecule has 1 aromatic carbocycles. The van der Waals surface area contributed by atoms with Crippen LogP contribution in [0.3, 0.4) is 0 Å². The number of carboxylic acid groups (broad SMARTS) is 1. The van der Waals surface area contributed by atoms with E-state index in [4.69, 9.17) is 9.52 Å². The molecule has 4 nitrogen and oxygen atoms in total. The van der Waals surface area contributed by atoms with Gasteiger partial charge in [0.1, 0.15) is 5.76 Å². The van der Waals surface area contributed by atoms with Crippen LogP contribution < -0.4 is 4.90 Å². The molecule has 106 valence electrons. The van der Waals surface area contributed by atoms with E-state index in [1.54, 1.807) is 6.26 Å². The van der Waals surface area contributed by atoms with Crippen molar-refractivity contribution in [2.75, 3.05) is 11.4 Å². The summed E-state index contributed by atoms with van der Waals surface area (Å²) in [6.07, 6.45) is 1.73. The Morgan fingerprint density at radius 2 is 2.00 bits per heavy atom. The van der Waals surface area contributed by atoms with Crippen LogP contribution in [-0.2, 0) is 4.79 Å². The summed E-state index contributed by atoms with van der Waals surface area (Å²) in [5.74, 6) is 0.0321. The molecule has 1 atom stereocenters. The lowest BCUT2D eigenvalue weighted by Gasteiger charge is -2.29. The van der Waals surface area contributed by atoms with Crippen molar-refractivity contribution >= 4 is 11.7 Å². The van der Waals surface area contributed by atoms with E-state index >= 15 is 0 Å². The smallest absolute Gasteiger partial charge is 0.305 e. The second kappa shape index (κ2) is 6.28. The first kappa shape index (κ1) is 14.2. The Balaban J connectivity index is 2.24. The fraction of sp³-hybridized carbons (Fsp3) is 0.312. The van der Waals surface area contributed by atoms with Crippen LogP contribution in [-0.4, -0.2) is 17.6 Å². The van der Waals surface area contributed by atoms with Crippen molar-refractivity contribution < 1.29 is 14.3 Å². The first-order valence-electron chi connectivity index (χ1n) is 6.66. The number of rotatable bonds is 6. The monoisotopic (exact) mass is 273 g/mol. The minimum atomic E-state index is -0.797. The Hall–Kier alpha value is -2.23. The zero-order valence-corrected chi connectivity index (χ0v) is 11.7. The summed E-state index contributed by atoms with van der Waals surface area (Å²) < 4.78 is 5.44. The third-order valence-electron chi connectivity index (χ3n) is 3.35. The molecule has 0 bridgehead atoms. The van der Waals surface area contributed by atoms with Gasteiger partial charge in [0.05, 0.1) is 18.7 Å². The number of hydrogen-bond acceptors (Lipinski definition) is 3. The number of benzene rings is 1. The van der Waals surface area contributed by atoms with Gasteiger partial charge in [0, 0.05) is 12.2 Å². The van der Waals surface area contributed by atoms with Gasteiger partial charge in [-0.3, -0.25) is 4.79 Å². The van der Waals surface area contributed by atoms with Crippen molar-refractivity contribution in [3.8, 4) is 0 Å². The lowest BCUT2D eigenvalue weighted by Crippen LogP contribution is -2.29. The molecule has 2 aromatic rings. The molecule has 1 N–H and O–H groups in total. The van der Waals surface area contributed by atoms with Gasteiger partial charge in [0.15, 0.2) is 0 Å². The average Bonchev–Trinajstić information content (AvgIpc) is 2.94. The van der Waals surface area contributed by atoms with Crippen molar-refractivity contribution in [1.82, 2.24) is 0 Å². The van der Waals surface area contributed by atoms with Crippen LogP contribution in [0.2, 0.25) is 0 Å². The third kappa shape index (κ3) is 3.41. The first-order chi connectivity index (χ1) is 9.58. The Kier molecular flexibility index (Phi) is 4.45. The van der Waals surface area contributed by atoms with Crippen LogP contribution in [0.4, 0.5) is 5.69 Å². The van der Waals surface area contributed by atoms with Crippen molar-refractivity contribution in [2.45, 2.75) is 26.3 Å². The van der Waals surface area contributed by atoms with Gasteiger partial charge >= 0.3 is 5.97 Å². The quantitative estimate of drug-likeness (QED) is 0.873. The van der Waals surface area contributed by atoms with E-state index in [0.717, 1.165) is 11.4 Å². The van der Waals surface area contributed by atoms with E-state index in [9.17, 15) is 4.79 Å². The number of hydrogen-bond donors (Lipinski definition) is 1. The summed E-state index contributed by atoms with van der Waals surface area (Å²) in [6.45, 7) is 4.49. The predicted octanol–water partition coefficient (Wildman–Crippen LogP) is 3.63. The summed E-state index contributed by atoms with van der Waals surface area (Å²) >= 11 is 0. The van der Waals surface area contributed by atoms with Crippen molar-refractivity contribution in [1.29, 1.82) is 0 Å². The maximum Gasteiger partial charge on any atom is 0.305 e. The van der Waals surface area contributed by atoms with Gasteiger partial charge in [0.25, 0.3) is 0 Å². The number of carbonyl (C=O) groups is 1. The SMILES string of the molecule is Cc1ccc(N(CCC(=O)O)C(C)c2ccco2)cc1. The van der Waals surface area contributed by atoms with E-state index in [-0.39, 0.29) is 12.5 Å². The highest BCUT2D eigenvalue weighted by molar-refractivity contribution is 5.67. The van der Waals surface area contributed by atoms with E-state index < -0.39 is 5.97 Å². The predicted molar refractivity (Wildman–Crippen MR) is 77.9 cm³/mol. The van der Waals surface area contributed by atoms with Gasteiger partial charge in [-0.1, -0.05) is 17.7 Å². The van der Waals surface area contributed by atoms with Crippen LogP contribution in [0.25, 0.3) is 0 Å². The normalized spacial score (nSPS) is 12.1.